The molecule has 0 saturated heterocycles. The lowest BCUT2D eigenvalue weighted by Crippen LogP contribution is -2.24. The molecule has 24 heavy (non-hydrogen) atoms. The van der Waals surface area contributed by atoms with Gasteiger partial charge in [-0.15, -0.1) is 0 Å². The summed E-state index contributed by atoms with van der Waals surface area (Å²) in [5.74, 6) is -0.224. The molecule has 0 fully saturated rings. The zero-order valence-electron chi connectivity index (χ0n) is 12.1. The summed E-state index contributed by atoms with van der Waals surface area (Å²) in [4.78, 5) is 25.2. The molecule has 0 aliphatic heterocycles. The molecule has 11 nitrogen and oxygen atoms in total. The molecule has 1 aromatic heterocycles. The SMILES string of the molecule is COc1cc([N+](=O)[O-])c2nc(/C=N\NC(N)=S)ccc2c1[N+](=O)[O-]. The molecule has 1 heterocycles. The van der Waals surface area contributed by atoms with Crippen LogP contribution >= 0.6 is 12.2 Å². The van der Waals surface area contributed by atoms with Gasteiger partial charge in [0.2, 0.25) is 5.75 Å². The maximum absolute atomic E-state index is 11.3. The lowest BCUT2D eigenvalue weighted by atomic mass is 10.1. The Kier molecular flexibility index (Phi) is 4.79. The normalized spacial score (nSPS) is 10.7. The number of hydrogen-bond acceptors (Lipinski definition) is 8. The minimum Gasteiger partial charge on any atom is -0.490 e. The Labute approximate surface area is 139 Å². The predicted octanol–water partition coefficient (Wildman–Crippen LogP) is 1.23. The Bertz CT molecular complexity index is 884. The van der Waals surface area contributed by atoms with Crippen molar-refractivity contribution in [3.05, 3.63) is 44.1 Å². The summed E-state index contributed by atoms with van der Waals surface area (Å²) in [5.41, 5.74) is 6.73. The molecule has 12 heteroatoms. The number of nitrogens with two attached hydrogens (primary N) is 1. The minimum atomic E-state index is -0.699. The van der Waals surface area contributed by atoms with E-state index >= 15 is 0 Å². The average molecular weight is 350 g/mol. The molecule has 0 radical (unpaired) electrons. The maximum atomic E-state index is 11.3. The van der Waals surface area contributed by atoms with E-state index in [0.717, 1.165) is 6.07 Å². The van der Waals surface area contributed by atoms with Crippen LogP contribution in [0.3, 0.4) is 0 Å². The average Bonchev–Trinajstić information content (AvgIpc) is 2.52. The molecule has 0 aliphatic rings. The second kappa shape index (κ2) is 6.78. The molecular formula is C12H10N6O5S. The highest BCUT2D eigenvalue weighted by Gasteiger charge is 2.27. The van der Waals surface area contributed by atoms with Crippen molar-refractivity contribution in [2.24, 2.45) is 10.8 Å². The third-order valence-corrected chi connectivity index (χ3v) is 2.98. The van der Waals surface area contributed by atoms with Crippen molar-refractivity contribution in [2.45, 2.75) is 0 Å². The molecule has 0 atom stereocenters. The van der Waals surface area contributed by atoms with Crippen molar-refractivity contribution in [3.63, 3.8) is 0 Å². The topological polar surface area (TPSA) is 159 Å². The van der Waals surface area contributed by atoms with Gasteiger partial charge in [-0.3, -0.25) is 25.7 Å². The van der Waals surface area contributed by atoms with Crippen LogP contribution in [-0.4, -0.2) is 33.3 Å². The van der Waals surface area contributed by atoms with Crippen LogP contribution in [0.15, 0.2) is 23.3 Å². The van der Waals surface area contributed by atoms with Crippen LogP contribution in [0.4, 0.5) is 11.4 Å². The van der Waals surface area contributed by atoms with Crippen molar-refractivity contribution in [3.8, 4) is 5.75 Å². The standard InChI is InChI=1S/C12H10N6O5S/c1-23-9-4-8(17(19)20)10-7(11(9)18(21)22)3-2-6(15-10)5-14-16-12(13)24/h2-5H,1H3,(H3,13,16,24)/b14-5-. The molecule has 3 N–H and O–H groups in total. The summed E-state index contributed by atoms with van der Waals surface area (Å²) in [6.07, 6.45) is 1.22. The first-order valence-electron chi connectivity index (χ1n) is 6.24. The number of ether oxygens (including phenoxy) is 1. The van der Waals surface area contributed by atoms with Crippen molar-refractivity contribution in [1.82, 2.24) is 10.4 Å². The fraction of sp³-hybridized carbons (Fsp3) is 0.0833. The number of rotatable bonds is 5. The minimum absolute atomic E-state index is 0.0227. The second-order valence-electron chi connectivity index (χ2n) is 4.33. The van der Waals surface area contributed by atoms with Gasteiger partial charge in [0.05, 0.1) is 40.3 Å². The second-order valence-corrected chi connectivity index (χ2v) is 4.77. The maximum Gasteiger partial charge on any atom is 0.320 e. The predicted molar refractivity (Wildman–Crippen MR) is 89.1 cm³/mol. The third-order valence-electron chi connectivity index (χ3n) is 2.89. The first kappa shape index (κ1) is 17.0. The summed E-state index contributed by atoms with van der Waals surface area (Å²) >= 11 is 4.57. The van der Waals surface area contributed by atoms with Crippen LogP contribution in [-0.2, 0) is 0 Å². The fourth-order valence-corrected chi connectivity index (χ4v) is 2.02. The Balaban J connectivity index is 2.71. The van der Waals surface area contributed by atoms with Gasteiger partial charge in [0, 0.05) is 0 Å². The van der Waals surface area contributed by atoms with Crippen LogP contribution in [0, 0.1) is 20.2 Å². The summed E-state index contributed by atoms with van der Waals surface area (Å²) in [6.45, 7) is 0. The van der Waals surface area contributed by atoms with Crippen molar-refractivity contribution in [1.29, 1.82) is 0 Å². The smallest absolute Gasteiger partial charge is 0.320 e. The van der Waals surface area contributed by atoms with Crippen LogP contribution in [0.2, 0.25) is 0 Å². The zero-order chi connectivity index (χ0) is 17.9. The first-order valence-corrected chi connectivity index (χ1v) is 6.65. The summed E-state index contributed by atoms with van der Waals surface area (Å²) in [6, 6.07) is 3.70. The van der Waals surface area contributed by atoms with Gasteiger partial charge in [0.15, 0.2) is 10.6 Å². The van der Waals surface area contributed by atoms with E-state index in [9.17, 15) is 20.2 Å². The van der Waals surface area contributed by atoms with Gasteiger partial charge in [-0.2, -0.15) is 5.10 Å². The van der Waals surface area contributed by atoms with Crippen LogP contribution < -0.4 is 15.9 Å². The van der Waals surface area contributed by atoms with E-state index in [4.69, 9.17) is 10.5 Å². The Hall–Kier alpha value is -3.41. The highest BCUT2D eigenvalue weighted by molar-refractivity contribution is 7.80. The fourth-order valence-electron chi connectivity index (χ4n) is 1.97. The van der Waals surface area contributed by atoms with Gasteiger partial charge in [-0.25, -0.2) is 4.98 Å². The van der Waals surface area contributed by atoms with E-state index < -0.39 is 21.2 Å². The number of methoxy groups -OCH3 is 1. The van der Waals surface area contributed by atoms with E-state index in [0.29, 0.717) is 0 Å². The number of pyridine rings is 1. The lowest BCUT2D eigenvalue weighted by Gasteiger charge is -2.06. The number of aromatic nitrogens is 1. The lowest BCUT2D eigenvalue weighted by molar-refractivity contribution is -0.387. The number of fused-ring (bicyclic) bond motifs is 1. The van der Waals surface area contributed by atoms with Crippen LogP contribution in [0.1, 0.15) is 5.69 Å². The number of hydrogen-bond donors (Lipinski definition) is 2. The molecule has 0 spiro atoms. The molecule has 2 rings (SSSR count). The molecule has 0 aliphatic carbocycles. The molecule has 2 aromatic rings. The van der Waals surface area contributed by atoms with Gasteiger partial charge in [0.25, 0.3) is 5.69 Å². The van der Waals surface area contributed by atoms with E-state index in [1.54, 1.807) is 0 Å². The number of nitro groups is 2. The van der Waals surface area contributed by atoms with Crippen molar-refractivity contribution < 1.29 is 14.6 Å². The molecule has 124 valence electrons. The zero-order valence-corrected chi connectivity index (χ0v) is 12.9. The van der Waals surface area contributed by atoms with Gasteiger partial charge in [0.1, 0.15) is 0 Å². The van der Waals surface area contributed by atoms with E-state index in [1.165, 1.54) is 25.5 Å². The highest BCUT2D eigenvalue weighted by atomic mass is 32.1. The van der Waals surface area contributed by atoms with Gasteiger partial charge >= 0.3 is 5.69 Å². The molecule has 0 bridgehead atoms. The van der Waals surface area contributed by atoms with E-state index in [1.807, 2.05) is 0 Å². The third kappa shape index (κ3) is 3.33. The monoisotopic (exact) mass is 350 g/mol. The first-order chi connectivity index (χ1) is 11.3. The summed E-state index contributed by atoms with van der Waals surface area (Å²) < 4.78 is 4.89. The Morgan fingerprint density at radius 3 is 2.67 bits per heavy atom. The van der Waals surface area contributed by atoms with Gasteiger partial charge in [-0.1, -0.05) is 0 Å². The Morgan fingerprint density at radius 2 is 2.12 bits per heavy atom. The number of thiocarbonyl (C=S) groups is 1. The number of non-ortho nitro benzene ring substituents is 1. The van der Waals surface area contributed by atoms with E-state index in [2.05, 4.69) is 27.7 Å². The highest BCUT2D eigenvalue weighted by Crippen LogP contribution is 2.39. The number of nitrogens with zero attached hydrogens (tertiary/aromatic N) is 4. The number of hydrazone groups is 1. The van der Waals surface area contributed by atoms with Crippen molar-refractivity contribution in [2.75, 3.05) is 7.11 Å². The van der Waals surface area contributed by atoms with Crippen LogP contribution in [0.25, 0.3) is 10.9 Å². The van der Waals surface area contributed by atoms with E-state index in [-0.39, 0.29) is 27.5 Å². The molecule has 0 unspecified atom stereocenters. The summed E-state index contributed by atoms with van der Waals surface area (Å²) in [5, 5.41) is 26.1. The van der Waals surface area contributed by atoms with Gasteiger partial charge < -0.3 is 10.5 Å². The number of nitrogens with one attached hydrogen (secondary N) is 1. The van der Waals surface area contributed by atoms with Crippen molar-refractivity contribution >= 4 is 45.8 Å². The Morgan fingerprint density at radius 1 is 1.42 bits per heavy atom. The number of nitro benzene ring substituents is 2. The molecular weight excluding hydrogens is 340 g/mol. The molecule has 1 aromatic carbocycles. The number of benzene rings is 1. The molecule has 0 saturated carbocycles. The van der Waals surface area contributed by atoms with Gasteiger partial charge in [-0.05, 0) is 24.4 Å². The summed E-state index contributed by atoms with van der Waals surface area (Å²) in [7, 11) is 1.19. The quantitative estimate of drug-likeness (QED) is 0.350. The molecule has 0 amide bonds. The van der Waals surface area contributed by atoms with Crippen LogP contribution in [0.5, 0.6) is 5.75 Å². The largest absolute Gasteiger partial charge is 0.490 e.